The second kappa shape index (κ2) is 7.05. The van der Waals surface area contributed by atoms with E-state index in [0.717, 1.165) is 5.56 Å². The van der Waals surface area contributed by atoms with Crippen LogP contribution >= 0.6 is 0 Å². The molecule has 0 aliphatic heterocycles. The summed E-state index contributed by atoms with van der Waals surface area (Å²) in [4.78, 5) is 0. The summed E-state index contributed by atoms with van der Waals surface area (Å²) in [6.07, 6.45) is 0. The second-order valence-electron chi connectivity index (χ2n) is 4.29. The Morgan fingerprint density at radius 3 is 2.30 bits per heavy atom. The van der Waals surface area contributed by atoms with Crippen LogP contribution in [0.2, 0.25) is 0 Å². The van der Waals surface area contributed by atoms with E-state index in [1.807, 2.05) is 30.3 Å². The van der Waals surface area contributed by atoms with Gasteiger partial charge in [0.1, 0.15) is 0 Å². The molecule has 4 nitrogen and oxygen atoms in total. The number of ether oxygens (including phenoxy) is 1. The van der Waals surface area contributed by atoms with Crippen molar-refractivity contribution in [3.63, 3.8) is 0 Å². The largest absolute Gasteiger partial charge is 0.523 e. The lowest BCUT2D eigenvalue weighted by atomic mass is 10.2. The zero-order valence-electron chi connectivity index (χ0n) is 10.8. The van der Waals surface area contributed by atoms with E-state index in [1.165, 1.54) is 6.92 Å². The van der Waals surface area contributed by atoms with Gasteiger partial charge in [-0.1, -0.05) is 37.3 Å². The first kappa shape index (κ1) is 16.9. The van der Waals surface area contributed by atoms with Gasteiger partial charge in [-0.15, -0.1) is 0 Å². The van der Waals surface area contributed by atoms with Crippen LogP contribution in [0.1, 0.15) is 12.5 Å². The molecule has 1 aromatic carbocycles. The predicted molar refractivity (Wildman–Crippen MR) is 66.2 cm³/mol. The van der Waals surface area contributed by atoms with E-state index in [4.69, 9.17) is 4.74 Å². The van der Waals surface area contributed by atoms with Crippen LogP contribution in [0.4, 0.5) is 13.2 Å². The number of alkyl halides is 3. The maximum absolute atomic E-state index is 12.0. The molecule has 1 aromatic rings. The smallest absolute Gasteiger partial charge is 0.376 e. The maximum Gasteiger partial charge on any atom is 0.523 e. The number of rotatable bonds is 7. The molecule has 0 unspecified atom stereocenters. The number of benzene rings is 1. The molecule has 114 valence electrons. The first-order chi connectivity index (χ1) is 9.22. The molecule has 0 radical (unpaired) electrons. The third-order valence-corrected chi connectivity index (χ3v) is 3.32. The highest BCUT2D eigenvalue weighted by molar-refractivity contribution is 7.87. The monoisotopic (exact) mass is 312 g/mol. The van der Waals surface area contributed by atoms with Gasteiger partial charge in [-0.3, -0.25) is 4.18 Å². The summed E-state index contributed by atoms with van der Waals surface area (Å²) < 4.78 is 66.6. The summed E-state index contributed by atoms with van der Waals surface area (Å²) in [6, 6.07) is 9.20. The minimum atomic E-state index is -5.53. The third-order valence-electron chi connectivity index (χ3n) is 2.31. The molecule has 0 heterocycles. The highest BCUT2D eigenvalue weighted by atomic mass is 32.2. The summed E-state index contributed by atoms with van der Waals surface area (Å²) in [5, 5.41) is 0. The first-order valence-electron chi connectivity index (χ1n) is 5.80. The van der Waals surface area contributed by atoms with Gasteiger partial charge in [-0.25, -0.2) is 0 Å². The van der Waals surface area contributed by atoms with Crippen molar-refractivity contribution in [2.24, 2.45) is 5.92 Å². The highest BCUT2D eigenvalue weighted by Gasteiger charge is 2.47. The molecule has 20 heavy (non-hydrogen) atoms. The standard InChI is InChI=1S/C12H15F3O4S/c1-10(8-19-20(16,17)12(13,14)15)7-18-9-11-5-3-2-4-6-11/h2-6,10H,7-9H2,1H3/t10-/m0/s1. The average Bonchev–Trinajstić information content (AvgIpc) is 2.36. The van der Waals surface area contributed by atoms with Gasteiger partial charge in [-0.05, 0) is 5.56 Å². The Morgan fingerprint density at radius 2 is 1.75 bits per heavy atom. The van der Waals surface area contributed by atoms with Crippen molar-refractivity contribution < 1.29 is 30.5 Å². The van der Waals surface area contributed by atoms with Crippen LogP contribution < -0.4 is 0 Å². The van der Waals surface area contributed by atoms with E-state index in [2.05, 4.69) is 4.18 Å². The lowest BCUT2D eigenvalue weighted by Gasteiger charge is -2.13. The van der Waals surface area contributed by atoms with Gasteiger partial charge < -0.3 is 4.74 Å². The molecule has 0 fully saturated rings. The normalized spacial score (nSPS) is 14.2. The SMILES string of the molecule is C[C@@H](COCc1ccccc1)COS(=O)(=O)C(F)(F)F. The summed E-state index contributed by atoms with van der Waals surface area (Å²) in [5.41, 5.74) is -4.47. The summed E-state index contributed by atoms with van der Waals surface area (Å²) in [7, 11) is -5.53. The Morgan fingerprint density at radius 1 is 1.15 bits per heavy atom. The van der Waals surface area contributed by atoms with E-state index in [9.17, 15) is 21.6 Å². The van der Waals surface area contributed by atoms with Gasteiger partial charge in [0.2, 0.25) is 0 Å². The van der Waals surface area contributed by atoms with E-state index >= 15 is 0 Å². The van der Waals surface area contributed by atoms with Crippen LogP contribution in [-0.4, -0.2) is 27.1 Å². The van der Waals surface area contributed by atoms with Crippen LogP contribution in [0.15, 0.2) is 30.3 Å². The third kappa shape index (κ3) is 5.48. The Kier molecular flexibility index (Phi) is 5.97. The van der Waals surface area contributed by atoms with Crippen molar-refractivity contribution in [1.82, 2.24) is 0 Å². The second-order valence-corrected chi connectivity index (χ2v) is 5.90. The fraction of sp³-hybridized carbons (Fsp3) is 0.500. The average molecular weight is 312 g/mol. The van der Waals surface area contributed by atoms with Gasteiger partial charge >= 0.3 is 15.6 Å². The molecule has 0 saturated heterocycles. The van der Waals surface area contributed by atoms with Crippen molar-refractivity contribution in [1.29, 1.82) is 0 Å². The Hall–Kier alpha value is -1.12. The van der Waals surface area contributed by atoms with Crippen LogP contribution in [0.3, 0.4) is 0 Å². The number of hydrogen-bond acceptors (Lipinski definition) is 4. The van der Waals surface area contributed by atoms with Gasteiger partial charge in [-0.2, -0.15) is 21.6 Å². The first-order valence-corrected chi connectivity index (χ1v) is 7.20. The van der Waals surface area contributed by atoms with E-state index in [0.29, 0.717) is 6.61 Å². The molecule has 0 amide bonds. The minimum absolute atomic E-state index is 0.0995. The van der Waals surface area contributed by atoms with E-state index in [1.54, 1.807) is 0 Å². The molecule has 1 atom stereocenters. The zero-order valence-corrected chi connectivity index (χ0v) is 11.6. The summed E-state index contributed by atoms with van der Waals surface area (Å²) >= 11 is 0. The Balaban J connectivity index is 2.29. The summed E-state index contributed by atoms with van der Waals surface area (Å²) in [6.45, 7) is 1.37. The van der Waals surface area contributed by atoms with Crippen LogP contribution in [-0.2, 0) is 25.6 Å². The minimum Gasteiger partial charge on any atom is -0.376 e. The Bertz CT molecular complexity index is 499. The van der Waals surface area contributed by atoms with Gasteiger partial charge in [0.05, 0.1) is 19.8 Å². The molecule has 8 heteroatoms. The van der Waals surface area contributed by atoms with Crippen LogP contribution in [0.5, 0.6) is 0 Å². The fourth-order valence-electron chi connectivity index (χ4n) is 1.27. The lowest BCUT2D eigenvalue weighted by molar-refractivity contribution is -0.0557. The molecule has 0 aliphatic carbocycles. The van der Waals surface area contributed by atoms with Crippen molar-refractivity contribution in [2.75, 3.05) is 13.2 Å². The Labute approximate surface area is 115 Å². The molecule has 0 bridgehead atoms. The fourth-order valence-corrected chi connectivity index (χ4v) is 1.82. The van der Waals surface area contributed by atoms with Crippen molar-refractivity contribution in [3.8, 4) is 0 Å². The van der Waals surface area contributed by atoms with Crippen LogP contribution in [0, 0.1) is 5.92 Å². The molecule has 0 aliphatic rings. The molecular weight excluding hydrogens is 297 g/mol. The van der Waals surface area contributed by atoms with Crippen LogP contribution in [0.25, 0.3) is 0 Å². The molecule has 0 spiro atoms. The van der Waals surface area contributed by atoms with Gasteiger partial charge in [0.15, 0.2) is 0 Å². The molecule has 0 N–H and O–H groups in total. The predicted octanol–water partition coefficient (Wildman–Crippen LogP) is 2.71. The number of hydrogen-bond donors (Lipinski definition) is 0. The van der Waals surface area contributed by atoms with Crippen molar-refractivity contribution in [3.05, 3.63) is 35.9 Å². The maximum atomic E-state index is 12.0. The highest BCUT2D eigenvalue weighted by Crippen LogP contribution is 2.25. The molecular formula is C12H15F3O4S. The topological polar surface area (TPSA) is 52.6 Å². The summed E-state index contributed by atoms with van der Waals surface area (Å²) in [5.74, 6) is -0.476. The van der Waals surface area contributed by atoms with Crippen molar-refractivity contribution in [2.45, 2.75) is 19.0 Å². The van der Waals surface area contributed by atoms with Crippen molar-refractivity contribution >= 4 is 10.1 Å². The van der Waals surface area contributed by atoms with Gasteiger partial charge in [0.25, 0.3) is 0 Å². The van der Waals surface area contributed by atoms with E-state index in [-0.39, 0.29) is 6.61 Å². The molecule has 0 saturated carbocycles. The molecule has 0 aromatic heterocycles. The van der Waals surface area contributed by atoms with Gasteiger partial charge in [0, 0.05) is 5.92 Å². The quantitative estimate of drug-likeness (QED) is 0.574. The number of halogens is 3. The molecule has 1 rings (SSSR count). The van der Waals surface area contributed by atoms with E-state index < -0.39 is 28.2 Å². The lowest BCUT2D eigenvalue weighted by Crippen LogP contribution is -2.28. The zero-order chi connectivity index (χ0) is 15.2.